The Hall–Kier alpha value is -0.600. The van der Waals surface area contributed by atoms with Crippen molar-refractivity contribution < 1.29 is 14.3 Å². The van der Waals surface area contributed by atoms with E-state index in [0.29, 0.717) is 6.54 Å². The lowest BCUT2D eigenvalue weighted by Crippen LogP contribution is -2.29. The maximum absolute atomic E-state index is 9.30. The number of aliphatic hydroxyl groups is 1. The van der Waals surface area contributed by atoms with Crippen molar-refractivity contribution in [2.24, 2.45) is 0 Å². The molecule has 2 rings (SSSR count). The van der Waals surface area contributed by atoms with Gasteiger partial charge in [0.15, 0.2) is 11.5 Å². The molecule has 0 spiro atoms. The van der Waals surface area contributed by atoms with Gasteiger partial charge in [-0.1, -0.05) is 12.2 Å². The summed E-state index contributed by atoms with van der Waals surface area (Å²) >= 11 is 8.91. The molecule has 0 fully saturated rings. The van der Waals surface area contributed by atoms with Gasteiger partial charge >= 0.3 is 0 Å². The van der Waals surface area contributed by atoms with E-state index in [1.165, 1.54) is 0 Å². The third-order valence-corrected chi connectivity index (χ3v) is 5.71. The van der Waals surface area contributed by atoms with Crippen molar-refractivity contribution in [2.75, 3.05) is 49.8 Å². The highest BCUT2D eigenvalue weighted by Crippen LogP contribution is 2.31. The number of nitrogens with zero attached hydrogens (tertiary/aromatic N) is 1. The number of thioether (sulfide) groups is 1. The van der Waals surface area contributed by atoms with Gasteiger partial charge in [-0.25, -0.2) is 0 Å². The first-order valence-electron chi connectivity index (χ1n) is 7.11. The van der Waals surface area contributed by atoms with Crippen LogP contribution in [0, 0.1) is 11.4 Å². The average Bonchev–Trinajstić information content (AvgIpc) is 2.88. The summed E-state index contributed by atoms with van der Waals surface area (Å²) in [4.78, 5) is 2.05. The summed E-state index contributed by atoms with van der Waals surface area (Å²) in [5.41, 5.74) is 1.97. The molecule has 22 heavy (non-hydrogen) atoms. The number of thiophene rings is 1. The van der Waals surface area contributed by atoms with Gasteiger partial charge in [-0.3, -0.25) is 0 Å². The zero-order valence-electron chi connectivity index (χ0n) is 12.8. The number of rotatable bonds is 9. The molecule has 0 saturated heterocycles. The second-order valence-corrected chi connectivity index (χ2v) is 7.39. The number of hydrogen-bond donors (Lipinski definition) is 1. The van der Waals surface area contributed by atoms with Crippen LogP contribution < -0.4 is 4.90 Å². The Labute approximate surface area is 144 Å². The van der Waals surface area contributed by atoms with Crippen molar-refractivity contribution in [3.05, 3.63) is 21.5 Å². The van der Waals surface area contributed by atoms with Crippen LogP contribution in [0.5, 0.6) is 0 Å². The number of fused-ring (bicyclic) bond motifs is 1. The Morgan fingerprint density at radius 2 is 2.23 bits per heavy atom. The largest absolute Gasteiger partial charge is 0.439 e. The van der Waals surface area contributed by atoms with Crippen LogP contribution in [0.25, 0.3) is 10.3 Å². The Morgan fingerprint density at radius 3 is 2.95 bits per heavy atom. The van der Waals surface area contributed by atoms with Crippen molar-refractivity contribution in [1.82, 2.24) is 0 Å². The zero-order chi connectivity index (χ0) is 15.9. The monoisotopic (exact) mass is 359 g/mol. The molecule has 2 heterocycles. The maximum atomic E-state index is 9.30. The van der Waals surface area contributed by atoms with Gasteiger partial charge in [0.1, 0.15) is 0 Å². The van der Waals surface area contributed by atoms with Crippen LogP contribution in [0.3, 0.4) is 0 Å². The molecule has 7 heteroatoms. The van der Waals surface area contributed by atoms with Crippen molar-refractivity contribution in [3.8, 4) is 0 Å². The first-order chi connectivity index (χ1) is 10.7. The number of aryl methyl sites for hydroxylation is 1. The highest BCUT2D eigenvalue weighted by atomic mass is 32.2. The molecule has 0 aliphatic carbocycles. The van der Waals surface area contributed by atoms with E-state index in [1.807, 2.05) is 29.7 Å². The van der Waals surface area contributed by atoms with Crippen LogP contribution in [-0.4, -0.2) is 50.0 Å². The fraction of sp³-hybridized carbons (Fsp3) is 0.533. The predicted molar refractivity (Wildman–Crippen MR) is 98.2 cm³/mol. The van der Waals surface area contributed by atoms with Gasteiger partial charge in [-0.05, 0) is 12.3 Å². The van der Waals surface area contributed by atoms with Gasteiger partial charge in [0.25, 0.3) is 0 Å². The number of hydrogen-bond acceptors (Lipinski definition) is 7. The van der Waals surface area contributed by atoms with Crippen LogP contribution in [-0.2, 0) is 4.74 Å². The molecule has 1 N–H and O–H groups in total. The Balaban J connectivity index is 2.13. The van der Waals surface area contributed by atoms with Crippen LogP contribution in [0.1, 0.15) is 5.56 Å². The predicted octanol–water partition coefficient (Wildman–Crippen LogP) is 3.71. The van der Waals surface area contributed by atoms with E-state index in [1.54, 1.807) is 18.4 Å². The second-order valence-electron chi connectivity index (χ2n) is 4.84. The highest BCUT2D eigenvalue weighted by molar-refractivity contribution is 7.99. The number of aliphatic hydroxyl groups excluding tert-OH is 1. The van der Waals surface area contributed by atoms with Crippen LogP contribution in [0.2, 0.25) is 0 Å². The molecule has 0 aliphatic rings. The minimum atomic E-state index is 0.0890. The minimum absolute atomic E-state index is 0.0890. The van der Waals surface area contributed by atoms with E-state index >= 15 is 0 Å². The molecule has 0 amide bonds. The molecule has 0 atom stereocenters. The molecule has 0 aromatic carbocycles. The molecule has 0 aliphatic heterocycles. The molecular weight excluding hydrogens is 338 g/mol. The SMILES string of the molecule is COCCSCCN(CCO)c1cc(=S)c2scc(C)c2o1. The molecular formula is C15H21NO3S3. The second kappa shape index (κ2) is 8.88. The highest BCUT2D eigenvalue weighted by Gasteiger charge is 2.13. The van der Waals surface area contributed by atoms with Crippen molar-refractivity contribution >= 4 is 51.5 Å². The van der Waals surface area contributed by atoms with Gasteiger partial charge in [-0.15, -0.1) is 11.3 Å². The lowest BCUT2D eigenvalue weighted by atomic mass is 10.3. The summed E-state index contributed by atoms with van der Waals surface area (Å²) < 4.78 is 12.9. The summed E-state index contributed by atoms with van der Waals surface area (Å²) in [6, 6.07) is 1.89. The number of anilines is 1. The molecule has 2 aromatic rings. The Morgan fingerprint density at radius 1 is 1.41 bits per heavy atom. The molecule has 0 saturated carbocycles. The van der Waals surface area contributed by atoms with Gasteiger partial charge in [0.05, 0.1) is 22.4 Å². The first kappa shape index (κ1) is 17.7. The fourth-order valence-electron chi connectivity index (χ4n) is 2.07. The topological polar surface area (TPSA) is 45.8 Å². The summed E-state index contributed by atoms with van der Waals surface area (Å²) in [5, 5.41) is 11.4. The maximum Gasteiger partial charge on any atom is 0.197 e. The standard InChI is InChI=1S/C15H21NO3S3/c1-11-10-22-15-12(20)9-13(19-14(11)15)16(3-5-17)4-7-21-8-6-18-2/h9-10,17H,3-8H2,1-2H3. The van der Waals surface area contributed by atoms with Crippen LogP contribution in [0.4, 0.5) is 5.88 Å². The van der Waals surface area contributed by atoms with E-state index in [0.717, 1.165) is 50.9 Å². The summed E-state index contributed by atoms with van der Waals surface area (Å²) in [6.07, 6.45) is 0. The number of ether oxygens (including phenoxy) is 1. The van der Waals surface area contributed by atoms with E-state index in [4.69, 9.17) is 21.4 Å². The molecule has 0 unspecified atom stereocenters. The Bertz CT molecular complexity index is 653. The molecule has 122 valence electrons. The van der Waals surface area contributed by atoms with Crippen molar-refractivity contribution in [3.63, 3.8) is 0 Å². The fourth-order valence-corrected chi connectivity index (χ4v) is 4.13. The molecule has 0 bridgehead atoms. The molecule has 2 aromatic heterocycles. The minimum Gasteiger partial charge on any atom is -0.439 e. The van der Waals surface area contributed by atoms with Crippen LogP contribution in [0.15, 0.2) is 15.9 Å². The summed E-state index contributed by atoms with van der Waals surface area (Å²) in [6.45, 7) is 4.22. The average molecular weight is 360 g/mol. The summed E-state index contributed by atoms with van der Waals surface area (Å²) in [5.74, 6) is 2.65. The van der Waals surface area contributed by atoms with Crippen molar-refractivity contribution in [1.29, 1.82) is 0 Å². The third-order valence-electron chi connectivity index (χ3n) is 3.22. The molecule has 0 radical (unpaired) electrons. The zero-order valence-corrected chi connectivity index (χ0v) is 15.3. The smallest absolute Gasteiger partial charge is 0.197 e. The molecule has 4 nitrogen and oxygen atoms in total. The number of methoxy groups -OCH3 is 1. The van der Waals surface area contributed by atoms with E-state index in [2.05, 4.69) is 5.38 Å². The van der Waals surface area contributed by atoms with Gasteiger partial charge in [0, 0.05) is 43.3 Å². The Kier molecular flexibility index (Phi) is 7.17. The lowest BCUT2D eigenvalue weighted by molar-refractivity contribution is 0.218. The quantitative estimate of drug-likeness (QED) is 0.544. The third kappa shape index (κ3) is 4.45. The van der Waals surface area contributed by atoms with Gasteiger partial charge in [-0.2, -0.15) is 11.8 Å². The first-order valence-corrected chi connectivity index (χ1v) is 9.56. The summed E-state index contributed by atoms with van der Waals surface area (Å²) in [7, 11) is 1.71. The van der Waals surface area contributed by atoms with Crippen LogP contribution >= 0.6 is 35.3 Å². The van der Waals surface area contributed by atoms with E-state index in [-0.39, 0.29) is 6.61 Å². The van der Waals surface area contributed by atoms with E-state index in [9.17, 15) is 5.11 Å². The van der Waals surface area contributed by atoms with E-state index < -0.39 is 0 Å². The van der Waals surface area contributed by atoms with Crippen molar-refractivity contribution in [2.45, 2.75) is 6.92 Å². The van der Waals surface area contributed by atoms with Gasteiger partial charge in [0.2, 0.25) is 0 Å². The lowest BCUT2D eigenvalue weighted by Gasteiger charge is -2.22. The normalized spacial score (nSPS) is 11.2. The van der Waals surface area contributed by atoms with Gasteiger partial charge < -0.3 is 19.2 Å².